The molecule has 1 atom stereocenters. The number of aromatic nitrogens is 1. The Hall–Kier alpha value is -1.04. The summed E-state index contributed by atoms with van der Waals surface area (Å²) in [5.74, 6) is -0.392. The van der Waals surface area contributed by atoms with Crippen molar-refractivity contribution in [2.45, 2.75) is 37.3 Å². The van der Waals surface area contributed by atoms with Crippen LogP contribution in [0.1, 0.15) is 37.4 Å². The van der Waals surface area contributed by atoms with Gasteiger partial charge >= 0.3 is 0 Å². The Morgan fingerprint density at radius 1 is 1.25 bits per heavy atom. The highest BCUT2D eigenvalue weighted by atomic mass is 19.1. The quantitative estimate of drug-likeness (QED) is 0.918. The van der Waals surface area contributed by atoms with Gasteiger partial charge in [-0.2, -0.15) is 0 Å². The maximum atomic E-state index is 13.4. The molecule has 1 N–H and O–H groups in total. The SMILES string of the molecule is OC(c1cncc(F)c1)C1(N2CCOCC2)CCCC1. The summed E-state index contributed by atoms with van der Waals surface area (Å²) >= 11 is 0. The van der Waals surface area contributed by atoms with Crippen LogP contribution in [0.5, 0.6) is 0 Å². The first kappa shape index (κ1) is 13.9. The fourth-order valence-corrected chi connectivity index (χ4v) is 3.65. The first-order valence-corrected chi connectivity index (χ1v) is 7.34. The van der Waals surface area contributed by atoms with Gasteiger partial charge in [0.15, 0.2) is 0 Å². The number of aliphatic hydroxyl groups is 1. The van der Waals surface area contributed by atoms with E-state index in [0.29, 0.717) is 18.8 Å². The third-order valence-corrected chi connectivity index (χ3v) is 4.66. The molecule has 1 saturated carbocycles. The lowest BCUT2D eigenvalue weighted by molar-refractivity contribution is -0.0776. The molecule has 1 unspecified atom stereocenters. The summed E-state index contributed by atoms with van der Waals surface area (Å²) in [6.07, 6.45) is 6.18. The predicted octanol–water partition coefficient (Wildman–Crippen LogP) is 1.90. The molecular formula is C15H21FN2O2. The van der Waals surface area contributed by atoms with Crippen molar-refractivity contribution < 1.29 is 14.2 Å². The molecule has 4 nitrogen and oxygen atoms in total. The molecule has 1 aromatic heterocycles. The molecule has 0 radical (unpaired) electrons. The van der Waals surface area contributed by atoms with Crippen LogP contribution in [0.3, 0.4) is 0 Å². The van der Waals surface area contributed by atoms with Gasteiger partial charge < -0.3 is 9.84 Å². The Morgan fingerprint density at radius 2 is 1.95 bits per heavy atom. The van der Waals surface area contributed by atoms with Crippen LogP contribution < -0.4 is 0 Å². The molecule has 2 heterocycles. The van der Waals surface area contributed by atoms with Crippen LogP contribution in [0.25, 0.3) is 0 Å². The molecule has 110 valence electrons. The van der Waals surface area contributed by atoms with E-state index < -0.39 is 11.9 Å². The van der Waals surface area contributed by atoms with E-state index in [9.17, 15) is 9.50 Å². The van der Waals surface area contributed by atoms with E-state index in [-0.39, 0.29) is 5.54 Å². The van der Waals surface area contributed by atoms with Crippen LogP contribution in [0.2, 0.25) is 0 Å². The number of hydrogen-bond acceptors (Lipinski definition) is 4. The Labute approximate surface area is 118 Å². The third-order valence-electron chi connectivity index (χ3n) is 4.66. The average Bonchev–Trinajstić information content (AvgIpc) is 2.98. The highest BCUT2D eigenvalue weighted by Crippen LogP contribution is 2.44. The lowest BCUT2D eigenvalue weighted by Crippen LogP contribution is -2.55. The van der Waals surface area contributed by atoms with Gasteiger partial charge in [-0.1, -0.05) is 12.8 Å². The van der Waals surface area contributed by atoms with E-state index in [0.717, 1.165) is 38.8 Å². The number of rotatable bonds is 3. The fraction of sp³-hybridized carbons (Fsp3) is 0.667. The summed E-state index contributed by atoms with van der Waals surface area (Å²) in [4.78, 5) is 6.21. The van der Waals surface area contributed by atoms with Gasteiger partial charge in [-0.05, 0) is 18.9 Å². The Balaban J connectivity index is 1.89. The van der Waals surface area contributed by atoms with Crippen molar-refractivity contribution in [2.75, 3.05) is 26.3 Å². The standard InChI is InChI=1S/C15H21FN2O2/c16-13-9-12(10-17-11-13)14(19)15(3-1-2-4-15)18-5-7-20-8-6-18/h9-11,14,19H,1-8H2. The van der Waals surface area contributed by atoms with E-state index >= 15 is 0 Å². The molecule has 1 saturated heterocycles. The second-order valence-electron chi connectivity index (χ2n) is 5.75. The van der Waals surface area contributed by atoms with Crippen LogP contribution >= 0.6 is 0 Å². The molecular weight excluding hydrogens is 259 g/mol. The summed E-state index contributed by atoms with van der Waals surface area (Å²) in [5, 5.41) is 10.9. The van der Waals surface area contributed by atoms with Crippen molar-refractivity contribution in [3.63, 3.8) is 0 Å². The zero-order chi connectivity index (χ0) is 14.0. The maximum Gasteiger partial charge on any atom is 0.141 e. The highest BCUT2D eigenvalue weighted by Gasteiger charge is 2.46. The summed E-state index contributed by atoms with van der Waals surface area (Å²) in [6.45, 7) is 3.07. The largest absolute Gasteiger partial charge is 0.386 e. The molecule has 0 spiro atoms. The van der Waals surface area contributed by atoms with E-state index in [2.05, 4.69) is 9.88 Å². The van der Waals surface area contributed by atoms with Gasteiger partial charge in [-0.15, -0.1) is 0 Å². The van der Waals surface area contributed by atoms with Crippen LogP contribution in [0.4, 0.5) is 4.39 Å². The van der Waals surface area contributed by atoms with Crippen LogP contribution in [-0.4, -0.2) is 46.8 Å². The van der Waals surface area contributed by atoms with Crippen molar-refractivity contribution in [3.05, 3.63) is 29.8 Å². The van der Waals surface area contributed by atoms with E-state index in [1.807, 2.05) is 0 Å². The fourth-order valence-electron chi connectivity index (χ4n) is 3.65. The Kier molecular flexibility index (Phi) is 4.01. The first-order valence-electron chi connectivity index (χ1n) is 7.34. The first-order chi connectivity index (χ1) is 9.72. The molecule has 0 amide bonds. The second kappa shape index (κ2) is 5.76. The second-order valence-corrected chi connectivity index (χ2v) is 5.75. The number of pyridine rings is 1. The molecule has 0 bridgehead atoms. The molecule has 0 aromatic carbocycles. The van der Waals surface area contributed by atoms with Gasteiger partial charge in [-0.3, -0.25) is 9.88 Å². The molecule has 2 fully saturated rings. The van der Waals surface area contributed by atoms with Gasteiger partial charge in [0.2, 0.25) is 0 Å². The lowest BCUT2D eigenvalue weighted by Gasteiger charge is -2.46. The predicted molar refractivity (Wildman–Crippen MR) is 72.7 cm³/mol. The molecule has 20 heavy (non-hydrogen) atoms. The van der Waals surface area contributed by atoms with E-state index in [1.165, 1.54) is 12.3 Å². The van der Waals surface area contributed by atoms with Crippen molar-refractivity contribution in [3.8, 4) is 0 Å². The zero-order valence-electron chi connectivity index (χ0n) is 11.6. The molecule has 1 aromatic rings. The monoisotopic (exact) mass is 280 g/mol. The van der Waals surface area contributed by atoms with Crippen molar-refractivity contribution in [2.24, 2.45) is 0 Å². The van der Waals surface area contributed by atoms with Crippen molar-refractivity contribution >= 4 is 0 Å². The van der Waals surface area contributed by atoms with Crippen molar-refractivity contribution in [1.82, 2.24) is 9.88 Å². The zero-order valence-corrected chi connectivity index (χ0v) is 11.6. The topological polar surface area (TPSA) is 45.6 Å². The Bertz CT molecular complexity index is 457. The summed E-state index contributed by atoms with van der Waals surface area (Å²) in [7, 11) is 0. The normalized spacial score (nSPS) is 24.7. The lowest BCUT2D eigenvalue weighted by atomic mass is 9.84. The smallest absolute Gasteiger partial charge is 0.141 e. The summed E-state index contributed by atoms with van der Waals surface area (Å²) < 4.78 is 18.8. The number of halogens is 1. The number of hydrogen-bond donors (Lipinski definition) is 1. The van der Waals surface area contributed by atoms with Gasteiger partial charge in [-0.25, -0.2) is 4.39 Å². The molecule has 3 rings (SSSR count). The molecule has 5 heteroatoms. The number of aliphatic hydroxyl groups excluding tert-OH is 1. The third kappa shape index (κ3) is 2.45. The minimum Gasteiger partial charge on any atom is -0.386 e. The Morgan fingerprint density at radius 3 is 2.60 bits per heavy atom. The van der Waals surface area contributed by atoms with Gasteiger partial charge in [0, 0.05) is 24.8 Å². The number of morpholine rings is 1. The van der Waals surface area contributed by atoms with Crippen molar-refractivity contribution in [1.29, 1.82) is 0 Å². The summed E-state index contributed by atoms with van der Waals surface area (Å²) in [6, 6.07) is 1.40. The van der Waals surface area contributed by atoms with E-state index in [4.69, 9.17) is 4.74 Å². The highest BCUT2D eigenvalue weighted by molar-refractivity contribution is 5.20. The average molecular weight is 280 g/mol. The van der Waals surface area contributed by atoms with Gasteiger partial charge in [0.1, 0.15) is 5.82 Å². The number of nitrogens with zero attached hydrogens (tertiary/aromatic N) is 2. The number of ether oxygens (including phenoxy) is 1. The minimum absolute atomic E-state index is 0.279. The van der Waals surface area contributed by atoms with E-state index in [1.54, 1.807) is 6.20 Å². The van der Waals surface area contributed by atoms with Crippen LogP contribution in [-0.2, 0) is 4.74 Å². The maximum absolute atomic E-state index is 13.4. The molecule has 2 aliphatic rings. The van der Waals surface area contributed by atoms with Crippen LogP contribution in [0.15, 0.2) is 18.5 Å². The minimum atomic E-state index is -0.689. The molecule has 1 aliphatic heterocycles. The van der Waals surface area contributed by atoms with Crippen LogP contribution in [0, 0.1) is 5.82 Å². The van der Waals surface area contributed by atoms with Gasteiger partial charge in [0.25, 0.3) is 0 Å². The molecule has 1 aliphatic carbocycles. The van der Waals surface area contributed by atoms with Gasteiger partial charge in [0.05, 0.1) is 31.1 Å². The summed E-state index contributed by atoms with van der Waals surface area (Å²) in [5.41, 5.74) is 0.303.